The lowest BCUT2D eigenvalue weighted by atomic mass is 9.97. The maximum absolute atomic E-state index is 5.57. The first-order valence-electron chi connectivity index (χ1n) is 5.70. The summed E-state index contributed by atoms with van der Waals surface area (Å²) in [5.41, 5.74) is 0. The van der Waals surface area contributed by atoms with Crippen LogP contribution in [0, 0.1) is 5.92 Å². The number of hydrogen-bond acceptors (Lipinski definition) is 3. The van der Waals surface area contributed by atoms with Crippen molar-refractivity contribution >= 4 is 0 Å². The molecule has 1 atom stereocenters. The second kappa shape index (κ2) is 5.71. The lowest BCUT2D eigenvalue weighted by molar-refractivity contribution is 0.247. The Morgan fingerprint density at radius 2 is 2.47 bits per heavy atom. The van der Waals surface area contributed by atoms with Crippen molar-refractivity contribution < 1.29 is 4.74 Å². The van der Waals surface area contributed by atoms with Crippen LogP contribution in [0.2, 0.25) is 0 Å². The molecule has 1 fully saturated rings. The number of piperidine rings is 1. The third-order valence-electron chi connectivity index (χ3n) is 2.81. The molecule has 1 aliphatic rings. The van der Waals surface area contributed by atoms with Crippen LogP contribution >= 0.6 is 0 Å². The highest BCUT2D eigenvalue weighted by Crippen LogP contribution is 2.14. The van der Waals surface area contributed by atoms with Crippen molar-refractivity contribution in [3.05, 3.63) is 24.4 Å². The lowest BCUT2D eigenvalue weighted by Crippen LogP contribution is -2.30. The predicted octanol–water partition coefficient (Wildman–Crippen LogP) is 1.85. The van der Waals surface area contributed by atoms with Crippen LogP contribution in [0.1, 0.15) is 19.3 Å². The van der Waals surface area contributed by atoms with Crippen LogP contribution in [0.15, 0.2) is 24.4 Å². The normalized spacial score (nSPS) is 21.2. The zero-order valence-corrected chi connectivity index (χ0v) is 8.98. The molecule has 1 aromatic heterocycles. The van der Waals surface area contributed by atoms with Crippen molar-refractivity contribution in [2.45, 2.75) is 19.3 Å². The molecule has 0 amide bonds. The Kier molecular flexibility index (Phi) is 3.97. The fraction of sp³-hybridized carbons (Fsp3) is 0.583. The maximum atomic E-state index is 5.57. The molecule has 0 radical (unpaired) electrons. The van der Waals surface area contributed by atoms with Gasteiger partial charge in [0.15, 0.2) is 0 Å². The molecule has 82 valence electrons. The third-order valence-corrected chi connectivity index (χ3v) is 2.81. The molecule has 1 saturated heterocycles. The van der Waals surface area contributed by atoms with Gasteiger partial charge in [-0.25, -0.2) is 4.98 Å². The van der Waals surface area contributed by atoms with Gasteiger partial charge in [-0.2, -0.15) is 0 Å². The van der Waals surface area contributed by atoms with E-state index in [2.05, 4.69) is 10.3 Å². The van der Waals surface area contributed by atoms with Gasteiger partial charge >= 0.3 is 0 Å². The van der Waals surface area contributed by atoms with Crippen molar-refractivity contribution in [1.82, 2.24) is 10.3 Å². The van der Waals surface area contributed by atoms with E-state index in [-0.39, 0.29) is 0 Å². The molecule has 0 spiro atoms. The van der Waals surface area contributed by atoms with Crippen molar-refractivity contribution in [2.24, 2.45) is 5.92 Å². The highest BCUT2D eigenvalue weighted by molar-refractivity contribution is 5.08. The van der Waals surface area contributed by atoms with Gasteiger partial charge in [-0.15, -0.1) is 0 Å². The Bertz CT molecular complexity index is 270. The van der Waals surface area contributed by atoms with Crippen molar-refractivity contribution in [1.29, 1.82) is 0 Å². The van der Waals surface area contributed by atoms with Crippen LogP contribution in [0.3, 0.4) is 0 Å². The van der Waals surface area contributed by atoms with E-state index < -0.39 is 0 Å². The highest BCUT2D eigenvalue weighted by Gasteiger charge is 2.12. The Labute approximate surface area is 90.9 Å². The Morgan fingerprint density at radius 1 is 1.47 bits per heavy atom. The molecule has 1 aliphatic heterocycles. The van der Waals surface area contributed by atoms with Gasteiger partial charge in [0, 0.05) is 12.3 Å². The van der Waals surface area contributed by atoms with Gasteiger partial charge in [0.25, 0.3) is 0 Å². The minimum Gasteiger partial charge on any atom is -0.478 e. The number of nitrogens with one attached hydrogen (secondary N) is 1. The van der Waals surface area contributed by atoms with E-state index in [1.165, 1.54) is 19.4 Å². The third kappa shape index (κ3) is 3.51. The first kappa shape index (κ1) is 10.4. The van der Waals surface area contributed by atoms with Crippen LogP contribution in [0.5, 0.6) is 5.88 Å². The summed E-state index contributed by atoms with van der Waals surface area (Å²) in [6.07, 6.45) is 5.52. The predicted molar refractivity (Wildman–Crippen MR) is 59.9 cm³/mol. The van der Waals surface area contributed by atoms with E-state index in [9.17, 15) is 0 Å². The summed E-state index contributed by atoms with van der Waals surface area (Å²) in [4.78, 5) is 4.12. The van der Waals surface area contributed by atoms with Gasteiger partial charge in [-0.05, 0) is 44.3 Å². The number of nitrogens with zero attached hydrogens (tertiary/aromatic N) is 1. The molecular weight excluding hydrogens is 188 g/mol. The molecule has 2 heterocycles. The Balaban J connectivity index is 1.66. The average molecular weight is 206 g/mol. The van der Waals surface area contributed by atoms with E-state index in [1.807, 2.05) is 18.2 Å². The molecule has 3 heteroatoms. The topological polar surface area (TPSA) is 34.1 Å². The monoisotopic (exact) mass is 206 g/mol. The van der Waals surface area contributed by atoms with E-state index in [0.717, 1.165) is 31.4 Å². The molecule has 1 N–H and O–H groups in total. The van der Waals surface area contributed by atoms with Crippen molar-refractivity contribution in [3.63, 3.8) is 0 Å². The minimum atomic E-state index is 0.737. The van der Waals surface area contributed by atoms with Gasteiger partial charge < -0.3 is 10.1 Å². The van der Waals surface area contributed by atoms with E-state index in [1.54, 1.807) is 6.20 Å². The first-order chi connectivity index (χ1) is 7.45. The summed E-state index contributed by atoms with van der Waals surface area (Å²) < 4.78 is 5.57. The molecule has 0 saturated carbocycles. The fourth-order valence-electron chi connectivity index (χ4n) is 1.93. The second-order valence-corrected chi connectivity index (χ2v) is 4.02. The smallest absolute Gasteiger partial charge is 0.213 e. The van der Waals surface area contributed by atoms with Crippen LogP contribution in [-0.4, -0.2) is 24.7 Å². The molecule has 0 aliphatic carbocycles. The summed E-state index contributed by atoms with van der Waals surface area (Å²) in [5, 5.41) is 3.41. The van der Waals surface area contributed by atoms with Crippen LogP contribution in [-0.2, 0) is 0 Å². The SMILES string of the molecule is c1ccc(OCC[C@H]2CCCNC2)nc1. The average Bonchev–Trinajstić information content (AvgIpc) is 2.32. The molecule has 2 rings (SSSR count). The fourth-order valence-corrected chi connectivity index (χ4v) is 1.93. The van der Waals surface area contributed by atoms with Gasteiger partial charge in [0.1, 0.15) is 0 Å². The summed E-state index contributed by atoms with van der Waals surface area (Å²) in [6, 6.07) is 5.75. The first-order valence-corrected chi connectivity index (χ1v) is 5.70. The largest absolute Gasteiger partial charge is 0.478 e. The van der Waals surface area contributed by atoms with E-state index in [0.29, 0.717) is 0 Å². The summed E-state index contributed by atoms with van der Waals surface area (Å²) in [6.45, 7) is 3.10. The van der Waals surface area contributed by atoms with Gasteiger partial charge in [0.05, 0.1) is 6.61 Å². The Hall–Kier alpha value is -1.09. The van der Waals surface area contributed by atoms with Gasteiger partial charge in [0.2, 0.25) is 5.88 Å². The number of ether oxygens (including phenoxy) is 1. The number of hydrogen-bond donors (Lipinski definition) is 1. The van der Waals surface area contributed by atoms with E-state index in [4.69, 9.17) is 4.74 Å². The second-order valence-electron chi connectivity index (χ2n) is 4.02. The number of pyridine rings is 1. The summed E-state index contributed by atoms with van der Waals surface area (Å²) in [5.74, 6) is 1.52. The number of rotatable bonds is 4. The van der Waals surface area contributed by atoms with Crippen molar-refractivity contribution in [2.75, 3.05) is 19.7 Å². The van der Waals surface area contributed by atoms with Crippen LogP contribution in [0.25, 0.3) is 0 Å². The zero-order valence-electron chi connectivity index (χ0n) is 8.98. The van der Waals surface area contributed by atoms with Crippen LogP contribution in [0.4, 0.5) is 0 Å². The molecule has 0 aromatic carbocycles. The quantitative estimate of drug-likeness (QED) is 0.816. The standard InChI is InChI=1S/C12H18N2O/c1-2-8-14-12(5-1)15-9-6-11-4-3-7-13-10-11/h1-2,5,8,11,13H,3-4,6-7,9-10H2/t11-/m1/s1. The maximum Gasteiger partial charge on any atom is 0.213 e. The molecule has 3 nitrogen and oxygen atoms in total. The zero-order chi connectivity index (χ0) is 10.3. The minimum absolute atomic E-state index is 0.737. The molecule has 0 bridgehead atoms. The molecular formula is C12H18N2O. The highest BCUT2D eigenvalue weighted by atomic mass is 16.5. The van der Waals surface area contributed by atoms with E-state index >= 15 is 0 Å². The number of aromatic nitrogens is 1. The van der Waals surface area contributed by atoms with Crippen LogP contribution < -0.4 is 10.1 Å². The molecule has 0 unspecified atom stereocenters. The van der Waals surface area contributed by atoms with Gasteiger partial charge in [-0.3, -0.25) is 0 Å². The summed E-state index contributed by atoms with van der Waals surface area (Å²) in [7, 11) is 0. The molecule has 15 heavy (non-hydrogen) atoms. The molecule has 1 aromatic rings. The summed E-state index contributed by atoms with van der Waals surface area (Å²) >= 11 is 0. The Morgan fingerprint density at radius 3 is 3.20 bits per heavy atom. The van der Waals surface area contributed by atoms with Gasteiger partial charge in [-0.1, -0.05) is 6.07 Å². The van der Waals surface area contributed by atoms with Crippen molar-refractivity contribution in [3.8, 4) is 5.88 Å². The lowest BCUT2D eigenvalue weighted by Gasteiger charge is -2.22.